The molecular weight excluding hydrogens is 250 g/mol. The molecule has 0 saturated carbocycles. The minimum absolute atomic E-state index is 0.0152. The molecule has 4 nitrogen and oxygen atoms in total. The van der Waals surface area contributed by atoms with Crippen LogP contribution in [0.1, 0.15) is 53.9 Å². The summed E-state index contributed by atoms with van der Waals surface area (Å²) >= 11 is 0. The summed E-state index contributed by atoms with van der Waals surface area (Å²) in [5.41, 5.74) is 0. The van der Waals surface area contributed by atoms with Crippen molar-refractivity contribution in [3.05, 3.63) is 0 Å². The third-order valence-corrected chi connectivity index (χ3v) is 4.30. The van der Waals surface area contributed by atoms with Gasteiger partial charge in [0.15, 0.2) is 0 Å². The number of piperidine rings is 1. The van der Waals surface area contributed by atoms with Gasteiger partial charge in [-0.2, -0.15) is 0 Å². The number of nitrogens with one attached hydrogen (secondary N) is 2. The van der Waals surface area contributed by atoms with Crippen LogP contribution in [0.4, 0.5) is 0 Å². The van der Waals surface area contributed by atoms with Gasteiger partial charge < -0.3 is 10.6 Å². The van der Waals surface area contributed by atoms with Crippen LogP contribution in [0.5, 0.6) is 0 Å². The number of nitrogens with zero attached hydrogens (tertiary/aromatic N) is 1. The molecule has 1 aliphatic rings. The highest BCUT2D eigenvalue weighted by atomic mass is 16.2. The number of likely N-dealkylation sites (tertiary alicyclic amines) is 1. The van der Waals surface area contributed by atoms with Gasteiger partial charge in [0.05, 0.1) is 6.04 Å². The van der Waals surface area contributed by atoms with Crippen LogP contribution in [0.25, 0.3) is 0 Å². The van der Waals surface area contributed by atoms with Gasteiger partial charge in [-0.05, 0) is 46.1 Å². The zero-order chi connectivity index (χ0) is 15.1. The Bertz CT molecular complexity index is 293. The lowest BCUT2D eigenvalue weighted by Crippen LogP contribution is -2.55. The summed E-state index contributed by atoms with van der Waals surface area (Å²) in [6.07, 6.45) is 3.51. The Balaban J connectivity index is 2.52. The van der Waals surface area contributed by atoms with Crippen LogP contribution >= 0.6 is 0 Å². The minimum Gasteiger partial charge on any atom is -0.353 e. The normalized spacial score (nSPS) is 25.7. The van der Waals surface area contributed by atoms with Gasteiger partial charge in [-0.1, -0.05) is 20.3 Å². The molecule has 118 valence electrons. The van der Waals surface area contributed by atoms with E-state index in [4.69, 9.17) is 0 Å². The number of carbonyl (C=O) groups excluding carboxylic acids is 1. The molecule has 1 rings (SSSR count). The minimum atomic E-state index is -0.0152. The number of hydrogen-bond donors (Lipinski definition) is 2. The number of hydrogen-bond acceptors (Lipinski definition) is 3. The molecule has 3 atom stereocenters. The van der Waals surface area contributed by atoms with Crippen LogP contribution in [0.15, 0.2) is 0 Å². The molecule has 3 unspecified atom stereocenters. The Hall–Kier alpha value is -0.610. The second kappa shape index (κ2) is 8.63. The molecule has 1 saturated heterocycles. The van der Waals surface area contributed by atoms with Crippen molar-refractivity contribution in [1.82, 2.24) is 15.5 Å². The van der Waals surface area contributed by atoms with Crippen LogP contribution in [0.2, 0.25) is 0 Å². The van der Waals surface area contributed by atoms with Crippen molar-refractivity contribution in [1.29, 1.82) is 0 Å². The molecule has 0 radical (unpaired) electrons. The fraction of sp³-hybridized carbons (Fsp3) is 0.938. The van der Waals surface area contributed by atoms with E-state index in [0.29, 0.717) is 12.0 Å². The summed E-state index contributed by atoms with van der Waals surface area (Å²) in [5, 5.41) is 6.69. The van der Waals surface area contributed by atoms with Crippen molar-refractivity contribution in [2.75, 3.05) is 19.6 Å². The third kappa shape index (κ3) is 5.06. The van der Waals surface area contributed by atoms with E-state index in [1.807, 2.05) is 20.8 Å². The predicted molar refractivity (Wildman–Crippen MR) is 84.8 cm³/mol. The molecule has 0 aromatic heterocycles. The molecule has 0 spiro atoms. The molecule has 0 aromatic rings. The standard InChI is InChI=1S/C16H33N3O/c1-6-9-17-15-8-10-19(11-14(15)7-2)13(5)16(20)18-12(3)4/h12-15,17H,6-11H2,1-5H3,(H,18,20). The first-order valence-electron chi connectivity index (χ1n) is 8.27. The first kappa shape index (κ1) is 17.4. The molecule has 1 aliphatic heterocycles. The third-order valence-electron chi connectivity index (χ3n) is 4.30. The summed E-state index contributed by atoms with van der Waals surface area (Å²) < 4.78 is 0. The average molecular weight is 283 g/mol. The topological polar surface area (TPSA) is 44.4 Å². The molecule has 0 bridgehead atoms. The van der Waals surface area contributed by atoms with Gasteiger partial charge in [0.2, 0.25) is 5.91 Å². The fourth-order valence-electron chi connectivity index (χ4n) is 3.00. The summed E-state index contributed by atoms with van der Waals surface area (Å²) in [6.45, 7) is 13.7. The van der Waals surface area contributed by atoms with E-state index in [9.17, 15) is 4.79 Å². The molecule has 0 aromatic carbocycles. The Labute approximate surface area is 124 Å². The van der Waals surface area contributed by atoms with Gasteiger partial charge >= 0.3 is 0 Å². The van der Waals surface area contributed by atoms with Gasteiger partial charge in [-0.25, -0.2) is 0 Å². The van der Waals surface area contributed by atoms with E-state index in [1.54, 1.807) is 0 Å². The zero-order valence-corrected chi connectivity index (χ0v) is 13.9. The summed E-state index contributed by atoms with van der Waals surface area (Å²) in [5.74, 6) is 0.819. The average Bonchev–Trinajstić information content (AvgIpc) is 2.43. The van der Waals surface area contributed by atoms with Gasteiger partial charge in [0.1, 0.15) is 0 Å². The monoisotopic (exact) mass is 283 g/mol. The maximum Gasteiger partial charge on any atom is 0.237 e. The maximum absolute atomic E-state index is 12.1. The summed E-state index contributed by atoms with van der Waals surface area (Å²) in [7, 11) is 0. The van der Waals surface area contributed by atoms with E-state index in [2.05, 4.69) is 29.4 Å². The van der Waals surface area contributed by atoms with E-state index < -0.39 is 0 Å². The second-order valence-corrected chi connectivity index (χ2v) is 6.35. The Morgan fingerprint density at radius 3 is 2.55 bits per heavy atom. The smallest absolute Gasteiger partial charge is 0.237 e. The van der Waals surface area contributed by atoms with Crippen molar-refractivity contribution >= 4 is 5.91 Å². The van der Waals surface area contributed by atoms with E-state index in [0.717, 1.165) is 26.1 Å². The van der Waals surface area contributed by atoms with E-state index in [-0.39, 0.29) is 18.0 Å². The van der Waals surface area contributed by atoms with E-state index in [1.165, 1.54) is 12.8 Å². The van der Waals surface area contributed by atoms with Gasteiger partial charge in [-0.15, -0.1) is 0 Å². The largest absolute Gasteiger partial charge is 0.353 e. The molecule has 1 fully saturated rings. The Kier molecular flexibility index (Phi) is 7.52. The lowest BCUT2D eigenvalue weighted by atomic mass is 9.89. The van der Waals surface area contributed by atoms with Crippen LogP contribution in [0.3, 0.4) is 0 Å². The number of rotatable bonds is 7. The van der Waals surface area contributed by atoms with Crippen molar-refractivity contribution in [3.63, 3.8) is 0 Å². The van der Waals surface area contributed by atoms with Crippen molar-refractivity contribution in [2.24, 2.45) is 5.92 Å². The predicted octanol–water partition coefficient (Wildman–Crippen LogP) is 2.00. The number of carbonyl (C=O) groups is 1. The van der Waals surface area contributed by atoms with Crippen LogP contribution in [-0.4, -0.2) is 48.6 Å². The molecule has 1 amide bonds. The molecule has 4 heteroatoms. The first-order chi connectivity index (χ1) is 9.49. The molecule has 20 heavy (non-hydrogen) atoms. The first-order valence-corrected chi connectivity index (χ1v) is 8.27. The van der Waals surface area contributed by atoms with Crippen molar-refractivity contribution in [3.8, 4) is 0 Å². The quantitative estimate of drug-likeness (QED) is 0.751. The highest BCUT2D eigenvalue weighted by molar-refractivity contribution is 5.81. The van der Waals surface area contributed by atoms with Crippen molar-refractivity contribution < 1.29 is 4.79 Å². The molecule has 1 heterocycles. The summed E-state index contributed by atoms with van der Waals surface area (Å²) in [6, 6.07) is 0.825. The number of amides is 1. The molecular formula is C16H33N3O. The van der Waals surface area contributed by atoms with Crippen LogP contribution in [0, 0.1) is 5.92 Å². The second-order valence-electron chi connectivity index (χ2n) is 6.35. The highest BCUT2D eigenvalue weighted by Gasteiger charge is 2.32. The van der Waals surface area contributed by atoms with Crippen LogP contribution in [-0.2, 0) is 4.79 Å². The molecule has 2 N–H and O–H groups in total. The zero-order valence-electron chi connectivity index (χ0n) is 13.9. The lowest BCUT2D eigenvalue weighted by Gasteiger charge is -2.41. The Morgan fingerprint density at radius 1 is 1.30 bits per heavy atom. The molecule has 0 aliphatic carbocycles. The van der Waals surface area contributed by atoms with Crippen LogP contribution < -0.4 is 10.6 Å². The SMILES string of the molecule is CCCNC1CCN(C(C)C(=O)NC(C)C)CC1CC. The highest BCUT2D eigenvalue weighted by Crippen LogP contribution is 2.22. The summed E-state index contributed by atoms with van der Waals surface area (Å²) in [4.78, 5) is 14.5. The maximum atomic E-state index is 12.1. The van der Waals surface area contributed by atoms with Gasteiger partial charge in [0, 0.05) is 25.2 Å². The van der Waals surface area contributed by atoms with Gasteiger partial charge in [0.25, 0.3) is 0 Å². The van der Waals surface area contributed by atoms with Crippen molar-refractivity contribution in [2.45, 2.75) is 72.0 Å². The lowest BCUT2D eigenvalue weighted by molar-refractivity contribution is -0.127. The van der Waals surface area contributed by atoms with E-state index >= 15 is 0 Å². The Morgan fingerprint density at radius 2 is 2.00 bits per heavy atom. The fourth-order valence-corrected chi connectivity index (χ4v) is 3.00. The van der Waals surface area contributed by atoms with Gasteiger partial charge in [-0.3, -0.25) is 9.69 Å².